The molecule has 1 aliphatic heterocycles. The lowest BCUT2D eigenvalue weighted by Gasteiger charge is -2.35. The van der Waals surface area contributed by atoms with Crippen LogP contribution in [0.3, 0.4) is 0 Å². The molecule has 9 heteroatoms. The number of hydrogen-bond donors (Lipinski definition) is 1. The second-order valence-corrected chi connectivity index (χ2v) is 9.98. The van der Waals surface area contributed by atoms with Gasteiger partial charge in [0.2, 0.25) is 11.8 Å². The van der Waals surface area contributed by atoms with Crippen molar-refractivity contribution < 1.29 is 9.59 Å². The average Bonchev–Trinajstić information content (AvgIpc) is 3.34. The summed E-state index contributed by atoms with van der Waals surface area (Å²) in [4.78, 5) is 39.8. The van der Waals surface area contributed by atoms with Crippen molar-refractivity contribution in [1.29, 1.82) is 0 Å². The van der Waals surface area contributed by atoms with Crippen LogP contribution in [0.25, 0.3) is 23.0 Å². The third-order valence-electron chi connectivity index (χ3n) is 6.64. The van der Waals surface area contributed by atoms with Gasteiger partial charge in [0.15, 0.2) is 5.65 Å². The van der Waals surface area contributed by atoms with Gasteiger partial charge >= 0.3 is 0 Å². The molecule has 1 N–H and O–H groups in total. The number of hydrogen-bond acceptors (Lipinski definition) is 6. The van der Waals surface area contributed by atoms with E-state index in [1.165, 1.54) is 4.90 Å². The lowest BCUT2D eigenvalue weighted by molar-refractivity contribution is -0.137. The van der Waals surface area contributed by atoms with Crippen LogP contribution in [0, 0.1) is 0 Å². The second kappa shape index (κ2) is 11.5. The Balaban J connectivity index is 1.25. The predicted molar refractivity (Wildman–Crippen MR) is 152 cm³/mol. The summed E-state index contributed by atoms with van der Waals surface area (Å²) in [5.74, 6) is 0.702. The Kier molecular flexibility index (Phi) is 7.74. The number of thioether (sulfide) groups is 1. The minimum Gasteiger partial charge on any atom is -0.358 e. The van der Waals surface area contributed by atoms with E-state index in [1.54, 1.807) is 35.1 Å². The number of imidazole rings is 1. The Morgan fingerprint density at radius 3 is 2.42 bits per heavy atom. The molecule has 1 atom stereocenters. The number of fused-ring (bicyclic) bond motifs is 1. The summed E-state index contributed by atoms with van der Waals surface area (Å²) in [6.07, 6.45) is 10.7. The quantitative estimate of drug-likeness (QED) is 0.286. The zero-order valence-corrected chi connectivity index (χ0v) is 22.3. The molecule has 1 saturated heterocycles. The van der Waals surface area contributed by atoms with Gasteiger partial charge in [0.25, 0.3) is 0 Å². The fourth-order valence-electron chi connectivity index (χ4n) is 4.52. The van der Waals surface area contributed by atoms with Gasteiger partial charge in [0, 0.05) is 55.1 Å². The maximum Gasteiger partial charge on any atom is 0.246 e. The number of nitrogens with zero attached hydrogens (tertiary/aromatic N) is 5. The Hall–Kier alpha value is -4.11. The Bertz CT molecular complexity index is 1440. The molecular formula is C29H30N6O2S. The van der Waals surface area contributed by atoms with Crippen LogP contribution in [0.2, 0.25) is 0 Å². The molecule has 2 amide bonds. The molecule has 8 nitrogen and oxygen atoms in total. The number of amides is 2. The molecule has 3 heterocycles. The van der Waals surface area contributed by atoms with E-state index < -0.39 is 6.04 Å². The van der Waals surface area contributed by atoms with Crippen molar-refractivity contribution in [1.82, 2.24) is 24.2 Å². The third kappa shape index (κ3) is 5.57. The Morgan fingerprint density at radius 2 is 1.71 bits per heavy atom. The summed E-state index contributed by atoms with van der Waals surface area (Å²) in [5, 5.41) is 3.41. The highest BCUT2D eigenvalue weighted by molar-refractivity contribution is 7.98. The molecule has 0 bridgehead atoms. The molecule has 5 rings (SSSR count). The van der Waals surface area contributed by atoms with Gasteiger partial charge in [-0.25, -0.2) is 4.98 Å². The summed E-state index contributed by atoms with van der Waals surface area (Å²) in [6.45, 7) is 3.87. The summed E-state index contributed by atoms with van der Waals surface area (Å²) in [5.41, 5.74) is 3.42. The number of piperazine rings is 1. The first-order valence-electron chi connectivity index (χ1n) is 12.6. The highest BCUT2D eigenvalue weighted by Gasteiger charge is 2.27. The average molecular weight is 527 g/mol. The van der Waals surface area contributed by atoms with Gasteiger partial charge in [-0.1, -0.05) is 42.5 Å². The van der Waals surface area contributed by atoms with Gasteiger partial charge in [0.1, 0.15) is 17.6 Å². The summed E-state index contributed by atoms with van der Waals surface area (Å²) in [7, 11) is 0. The van der Waals surface area contributed by atoms with Crippen molar-refractivity contribution in [3.63, 3.8) is 0 Å². The van der Waals surface area contributed by atoms with Gasteiger partial charge < -0.3 is 15.1 Å². The molecule has 1 aliphatic rings. The van der Waals surface area contributed by atoms with E-state index in [-0.39, 0.29) is 11.8 Å². The van der Waals surface area contributed by atoms with Crippen LogP contribution in [-0.2, 0) is 9.59 Å². The number of nitrogens with one attached hydrogen (secondary N) is 1. The van der Waals surface area contributed by atoms with Gasteiger partial charge in [-0.2, -0.15) is 0 Å². The van der Waals surface area contributed by atoms with Crippen molar-refractivity contribution in [2.45, 2.75) is 17.9 Å². The van der Waals surface area contributed by atoms with Crippen molar-refractivity contribution in [2.24, 2.45) is 0 Å². The maximum absolute atomic E-state index is 13.4. The molecule has 2 aromatic carbocycles. The van der Waals surface area contributed by atoms with Crippen molar-refractivity contribution in [2.75, 3.05) is 37.8 Å². The Labute approximate surface area is 226 Å². The van der Waals surface area contributed by atoms with E-state index >= 15 is 0 Å². The first kappa shape index (κ1) is 25.5. The summed E-state index contributed by atoms with van der Waals surface area (Å²) in [6, 6.07) is 17.5. The molecule has 1 fully saturated rings. The molecule has 38 heavy (non-hydrogen) atoms. The van der Waals surface area contributed by atoms with Crippen LogP contribution in [0.15, 0.2) is 84.2 Å². The number of benzene rings is 2. The van der Waals surface area contributed by atoms with Crippen molar-refractivity contribution >= 4 is 41.1 Å². The molecule has 194 valence electrons. The maximum atomic E-state index is 13.4. The van der Waals surface area contributed by atoms with E-state index in [0.717, 1.165) is 22.6 Å². The van der Waals surface area contributed by atoms with Crippen LogP contribution in [0.4, 0.5) is 5.82 Å². The standard InChI is InChI=1S/C29H30N6O2S/c1-21(29(37)34-18-16-33(17-19-34)26(36)13-8-22-6-4-3-5-7-22)31-28-27(23-9-11-24(38-2)12-10-23)32-25-20-30-14-15-35(25)28/h3-15,20-21,31H,16-19H2,1-2H3/b13-8+. The van der Waals surface area contributed by atoms with Crippen molar-refractivity contribution in [3.8, 4) is 11.3 Å². The van der Waals surface area contributed by atoms with Crippen LogP contribution in [0.5, 0.6) is 0 Å². The van der Waals surface area contributed by atoms with E-state index in [1.807, 2.05) is 77.2 Å². The highest BCUT2D eigenvalue weighted by atomic mass is 32.2. The molecule has 2 aromatic heterocycles. The topological polar surface area (TPSA) is 82.8 Å². The van der Waals surface area contributed by atoms with E-state index in [9.17, 15) is 9.59 Å². The first-order valence-corrected chi connectivity index (χ1v) is 13.8. The van der Waals surface area contributed by atoms with Gasteiger partial charge in [0.05, 0.1) is 6.20 Å². The smallest absolute Gasteiger partial charge is 0.246 e. The van der Waals surface area contributed by atoms with Crippen LogP contribution in [-0.4, -0.2) is 74.5 Å². The fourth-order valence-corrected chi connectivity index (χ4v) is 4.93. The minimum atomic E-state index is -0.479. The first-order chi connectivity index (χ1) is 18.5. The normalized spacial score (nSPS) is 14.7. The van der Waals surface area contributed by atoms with Crippen LogP contribution in [0.1, 0.15) is 12.5 Å². The highest BCUT2D eigenvalue weighted by Crippen LogP contribution is 2.30. The van der Waals surface area contributed by atoms with E-state index in [0.29, 0.717) is 31.8 Å². The van der Waals surface area contributed by atoms with Gasteiger partial charge in [-0.15, -0.1) is 11.8 Å². The van der Waals surface area contributed by atoms with Gasteiger partial charge in [-0.3, -0.25) is 19.0 Å². The van der Waals surface area contributed by atoms with Crippen LogP contribution < -0.4 is 5.32 Å². The number of carbonyl (C=O) groups is 2. The third-order valence-corrected chi connectivity index (χ3v) is 7.38. The number of anilines is 1. The number of rotatable bonds is 7. The molecule has 0 spiro atoms. The van der Waals surface area contributed by atoms with Crippen molar-refractivity contribution in [3.05, 3.63) is 84.8 Å². The Morgan fingerprint density at radius 1 is 1.00 bits per heavy atom. The number of aromatic nitrogens is 3. The second-order valence-electron chi connectivity index (χ2n) is 9.10. The lowest BCUT2D eigenvalue weighted by atomic mass is 10.1. The lowest BCUT2D eigenvalue weighted by Crippen LogP contribution is -2.53. The largest absolute Gasteiger partial charge is 0.358 e. The zero-order valence-electron chi connectivity index (χ0n) is 21.4. The fraction of sp³-hybridized carbons (Fsp3) is 0.241. The molecule has 1 unspecified atom stereocenters. The number of carbonyl (C=O) groups excluding carboxylic acids is 2. The zero-order chi connectivity index (χ0) is 26.5. The summed E-state index contributed by atoms with van der Waals surface area (Å²) < 4.78 is 1.92. The van der Waals surface area contributed by atoms with E-state index in [2.05, 4.69) is 22.4 Å². The molecular weight excluding hydrogens is 496 g/mol. The molecule has 0 saturated carbocycles. The van der Waals surface area contributed by atoms with Gasteiger partial charge in [-0.05, 0) is 37.0 Å². The predicted octanol–water partition coefficient (Wildman–Crippen LogP) is 4.30. The SMILES string of the molecule is CSc1ccc(-c2nc3cnccn3c2NC(C)C(=O)N2CCN(C(=O)/C=C/c3ccccc3)CC2)cc1. The molecule has 4 aromatic rings. The summed E-state index contributed by atoms with van der Waals surface area (Å²) >= 11 is 1.69. The molecule has 0 radical (unpaired) electrons. The minimum absolute atomic E-state index is 0.00962. The van der Waals surface area contributed by atoms with E-state index in [4.69, 9.17) is 4.98 Å². The monoisotopic (exact) mass is 526 g/mol. The van der Waals surface area contributed by atoms with Crippen LogP contribution >= 0.6 is 11.8 Å². The molecule has 0 aliphatic carbocycles.